The van der Waals surface area contributed by atoms with E-state index >= 15 is 0 Å². The molecule has 3 aromatic rings. The van der Waals surface area contributed by atoms with Gasteiger partial charge in [-0.3, -0.25) is 4.79 Å². The highest BCUT2D eigenvalue weighted by Gasteiger charge is 2.29. The summed E-state index contributed by atoms with van der Waals surface area (Å²) in [6.07, 6.45) is 1.34. The maximum Gasteiger partial charge on any atom is 0.309 e. The highest BCUT2D eigenvalue weighted by Crippen LogP contribution is 2.31. The third kappa shape index (κ3) is 8.41. The predicted molar refractivity (Wildman–Crippen MR) is 158 cm³/mol. The summed E-state index contributed by atoms with van der Waals surface area (Å²) in [6.45, 7) is 1.35. The summed E-state index contributed by atoms with van der Waals surface area (Å²) in [4.78, 5) is 12.5. The van der Waals surface area contributed by atoms with Crippen molar-refractivity contribution in [3.8, 4) is 23.0 Å². The molecular formula is C30H36Cl2N2O6. The average Bonchev–Trinajstić information content (AvgIpc) is 2.96. The van der Waals surface area contributed by atoms with Crippen LogP contribution in [-0.4, -0.2) is 59.1 Å². The van der Waals surface area contributed by atoms with Crippen molar-refractivity contribution in [3.05, 3.63) is 81.3 Å². The molecule has 0 heterocycles. The van der Waals surface area contributed by atoms with E-state index < -0.39 is 17.9 Å². The fourth-order valence-electron chi connectivity index (χ4n) is 4.48. The number of hydrogen-bond acceptors (Lipinski definition) is 7. The van der Waals surface area contributed by atoms with Crippen LogP contribution in [0.1, 0.15) is 22.7 Å². The number of nitrogens with one attached hydrogen (secondary N) is 2. The molecule has 0 fully saturated rings. The molecular weight excluding hydrogens is 555 g/mol. The van der Waals surface area contributed by atoms with Crippen LogP contribution >= 0.6 is 23.2 Å². The van der Waals surface area contributed by atoms with E-state index in [0.717, 1.165) is 16.7 Å². The second kappa shape index (κ2) is 15.6. The molecule has 2 unspecified atom stereocenters. The molecule has 0 bridgehead atoms. The largest absolute Gasteiger partial charge is 0.493 e. The molecule has 0 aliphatic carbocycles. The molecule has 0 aromatic heterocycles. The molecule has 0 aliphatic rings. The van der Waals surface area contributed by atoms with Crippen molar-refractivity contribution < 1.29 is 28.8 Å². The number of carbonyl (C=O) groups is 1. The molecule has 10 heteroatoms. The first-order chi connectivity index (χ1) is 19.3. The number of carboxylic acids is 1. The van der Waals surface area contributed by atoms with Crippen LogP contribution in [0, 0.1) is 5.92 Å². The van der Waals surface area contributed by atoms with Crippen LogP contribution in [0.15, 0.2) is 54.6 Å². The Hall–Kier alpha value is -3.17. The molecule has 8 nitrogen and oxygen atoms in total. The molecule has 40 heavy (non-hydrogen) atoms. The number of ether oxygens (including phenoxy) is 4. The summed E-state index contributed by atoms with van der Waals surface area (Å²) in [5, 5.41) is 17.7. The smallest absolute Gasteiger partial charge is 0.309 e. The quantitative estimate of drug-likeness (QED) is 0.190. The lowest BCUT2D eigenvalue weighted by Crippen LogP contribution is -2.40. The lowest BCUT2D eigenvalue weighted by molar-refractivity contribution is -0.142. The first-order valence-electron chi connectivity index (χ1n) is 12.8. The molecule has 2 atom stereocenters. The van der Waals surface area contributed by atoms with Gasteiger partial charge >= 0.3 is 5.97 Å². The third-order valence-corrected chi connectivity index (χ3v) is 7.39. The summed E-state index contributed by atoms with van der Waals surface area (Å²) in [6, 6.07) is 16.2. The third-order valence-electron chi connectivity index (χ3n) is 6.65. The van der Waals surface area contributed by atoms with E-state index in [1.807, 2.05) is 42.5 Å². The van der Waals surface area contributed by atoms with Crippen LogP contribution in [0.25, 0.3) is 0 Å². The fourth-order valence-corrected chi connectivity index (χ4v) is 4.79. The number of rotatable bonds is 16. The summed E-state index contributed by atoms with van der Waals surface area (Å²) >= 11 is 12.5. The molecule has 0 spiro atoms. The van der Waals surface area contributed by atoms with Crippen LogP contribution in [0.3, 0.4) is 0 Å². The molecule has 3 N–H and O–H groups in total. The Labute approximate surface area is 245 Å². The van der Waals surface area contributed by atoms with Gasteiger partial charge in [0, 0.05) is 12.6 Å². The van der Waals surface area contributed by atoms with Crippen LogP contribution < -0.4 is 29.6 Å². The minimum absolute atomic E-state index is 0.247. The second-order valence-electron chi connectivity index (χ2n) is 9.13. The molecule has 0 saturated carbocycles. The molecule has 0 saturated heterocycles. The second-order valence-corrected chi connectivity index (χ2v) is 9.95. The van der Waals surface area contributed by atoms with Gasteiger partial charge < -0.3 is 34.7 Å². The highest BCUT2D eigenvalue weighted by atomic mass is 35.5. The van der Waals surface area contributed by atoms with Crippen molar-refractivity contribution in [2.75, 3.05) is 48.1 Å². The summed E-state index contributed by atoms with van der Waals surface area (Å²) in [5.41, 5.74) is 2.82. The lowest BCUT2D eigenvalue weighted by atomic mass is 9.92. The van der Waals surface area contributed by atoms with Gasteiger partial charge in [-0.15, -0.1) is 0 Å². The molecule has 0 radical (unpaired) electrons. The molecule has 3 rings (SSSR count). The van der Waals surface area contributed by atoms with E-state index in [-0.39, 0.29) is 6.54 Å². The van der Waals surface area contributed by atoms with E-state index in [4.69, 9.17) is 42.1 Å². The number of hydrogen-bond donors (Lipinski definition) is 3. The summed E-state index contributed by atoms with van der Waals surface area (Å²) < 4.78 is 21.4. The first-order valence-corrected chi connectivity index (χ1v) is 13.6. The van der Waals surface area contributed by atoms with Gasteiger partial charge in [-0.05, 0) is 79.0 Å². The van der Waals surface area contributed by atoms with Gasteiger partial charge in [-0.25, -0.2) is 0 Å². The standard InChI is InChI=1S/C30H36Cl2N2O6/c1-37-25-9-5-19(15-27(25)39-3)11-13-33-18-22(30(35)36)29(21-7-8-23(31)24(32)17-21)34-14-12-20-6-10-26(38-2)28(16-20)40-4/h5-10,15-17,22,29,33-34H,11-14,18H2,1-4H3,(H,35,36). The van der Waals surface area contributed by atoms with E-state index in [2.05, 4.69) is 10.6 Å². The number of halogens is 2. The zero-order valence-corrected chi connectivity index (χ0v) is 24.6. The van der Waals surface area contributed by atoms with Crippen molar-refractivity contribution in [1.29, 1.82) is 0 Å². The lowest BCUT2D eigenvalue weighted by Gasteiger charge is -2.27. The zero-order valence-electron chi connectivity index (χ0n) is 23.1. The van der Waals surface area contributed by atoms with Crippen molar-refractivity contribution >= 4 is 29.2 Å². The van der Waals surface area contributed by atoms with Gasteiger partial charge in [-0.2, -0.15) is 0 Å². The van der Waals surface area contributed by atoms with Crippen molar-refractivity contribution in [3.63, 3.8) is 0 Å². The molecule has 3 aromatic carbocycles. The van der Waals surface area contributed by atoms with E-state index in [1.54, 1.807) is 40.6 Å². The monoisotopic (exact) mass is 590 g/mol. The SMILES string of the molecule is COc1ccc(CCNCC(C(=O)O)C(NCCc2ccc(OC)c(OC)c2)c2ccc(Cl)c(Cl)c2)cc1OC. The Morgan fingerprint density at radius 2 is 1.30 bits per heavy atom. The number of methoxy groups -OCH3 is 4. The maximum absolute atomic E-state index is 12.5. The minimum atomic E-state index is -0.923. The number of benzene rings is 3. The number of carboxylic acid groups (broad SMARTS) is 1. The Bertz CT molecular complexity index is 1270. The molecule has 0 amide bonds. The van der Waals surface area contributed by atoms with Gasteiger partial charge in [0.25, 0.3) is 0 Å². The minimum Gasteiger partial charge on any atom is -0.493 e. The zero-order chi connectivity index (χ0) is 29.1. The van der Waals surface area contributed by atoms with Crippen molar-refractivity contribution in [2.45, 2.75) is 18.9 Å². The first kappa shape index (κ1) is 31.4. The average molecular weight is 592 g/mol. The predicted octanol–water partition coefficient (Wildman–Crippen LogP) is 5.43. The van der Waals surface area contributed by atoms with E-state index in [0.29, 0.717) is 59.0 Å². The van der Waals surface area contributed by atoms with Gasteiger partial charge in [0.2, 0.25) is 0 Å². The number of aliphatic carboxylic acids is 1. The Kier molecular flexibility index (Phi) is 12.2. The van der Waals surface area contributed by atoms with Crippen LogP contribution in [0.5, 0.6) is 23.0 Å². The molecule has 0 aliphatic heterocycles. The fraction of sp³-hybridized carbons (Fsp3) is 0.367. The van der Waals surface area contributed by atoms with Gasteiger partial charge in [0.1, 0.15) is 0 Å². The van der Waals surface area contributed by atoms with Crippen LogP contribution in [0.4, 0.5) is 0 Å². The van der Waals surface area contributed by atoms with Crippen LogP contribution in [0.2, 0.25) is 10.0 Å². The topological polar surface area (TPSA) is 98.3 Å². The normalized spacial score (nSPS) is 12.4. The van der Waals surface area contributed by atoms with Gasteiger partial charge in [0.05, 0.1) is 44.4 Å². The van der Waals surface area contributed by atoms with Gasteiger partial charge in [-0.1, -0.05) is 41.4 Å². The Morgan fingerprint density at radius 1 is 0.750 bits per heavy atom. The summed E-state index contributed by atoms with van der Waals surface area (Å²) in [7, 11) is 6.38. The molecule has 216 valence electrons. The van der Waals surface area contributed by atoms with Crippen molar-refractivity contribution in [2.24, 2.45) is 5.92 Å². The Morgan fingerprint density at radius 3 is 1.80 bits per heavy atom. The highest BCUT2D eigenvalue weighted by molar-refractivity contribution is 6.42. The van der Waals surface area contributed by atoms with Gasteiger partial charge in [0.15, 0.2) is 23.0 Å². The van der Waals surface area contributed by atoms with E-state index in [1.165, 1.54) is 0 Å². The van der Waals surface area contributed by atoms with Crippen LogP contribution in [-0.2, 0) is 17.6 Å². The van der Waals surface area contributed by atoms with E-state index in [9.17, 15) is 9.90 Å². The summed E-state index contributed by atoms with van der Waals surface area (Å²) in [5.74, 6) is 0.915. The Balaban J connectivity index is 1.71. The van der Waals surface area contributed by atoms with Crippen molar-refractivity contribution in [1.82, 2.24) is 10.6 Å². The maximum atomic E-state index is 12.5.